The average Bonchev–Trinajstić information content (AvgIpc) is 3.55. The zero-order chi connectivity index (χ0) is 22.8. The van der Waals surface area contributed by atoms with Gasteiger partial charge in [0.25, 0.3) is 5.69 Å². The Morgan fingerprint density at radius 1 is 1.22 bits per heavy atom. The zero-order valence-electron chi connectivity index (χ0n) is 18.3. The molecule has 8 heteroatoms. The first-order valence-corrected chi connectivity index (χ1v) is 11.0. The van der Waals surface area contributed by atoms with Gasteiger partial charge in [-0.25, -0.2) is 4.79 Å². The van der Waals surface area contributed by atoms with Crippen LogP contribution < -0.4 is 5.76 Å². The van der Waals surface area contributed by atoms with E-state index >= 15 is 0 Å². The molecule has 2 aromatic carbocycles. The number of nitrogens with zero attached hydrogens (tertiary/aromatic N) is 3. The number of non-ortho nitro benzene ring substituents is 1. The Morgan fingerprint density at radius 2 is 1.94 bits per heavy atom. The minimum absolute atomic E-state index is 0.0805. The summed E-state index contributed by atoms with van der Waals surface area (Å²) in [6, 6.07) is 12.8. The first-order chi connectivity index (χ1) is 15.3. The SMILES string of the molecule is CC(C)c1ccc(CN(C(=O)CCCn2c(=O)oc3cc([N+](=O)[O-])ccc32)C2CC2)cc1. The lowest BCUT2D eigenvalue weighted by molar-refractivity contribution is -0.384. The summed E-state index contributed by atoms with van der Waals surface area (Å²) >= 11 is 0. The minimum atomic E-state index is -0.572. The normalized spacial score (nSPS) is 13.6. The van der Waals surface area contributed by atoms with Gasteiger partial charge in [-0.15, -0.1) is 0 Å². The Balaban J connectivity index is 1.39. The van der Waals surface area contributed by atoms with Crippen LogP contribution in [0.2, 0.25) is 0 Å². The molecular formula is C24H27N3O5. The highest BCUT2D eigenvalue weighted by molar-refractivity contribution is 5.77. The third-order valence-electron chi connectivity index (χ3n) is 5.94. The van der Waals surface area contributed by atoms with E-state index in [1.807, 2.05) is 4.90 Å². The van der Waals surface area contributed by atoms with Crippen LogP contribution in [0.15, 0.2) is 51.7 Å². The fraction of sp³-hybridized carbons (Fsp3) is 0.417. The number of amides is 1. The molecule has 0 bridgehead atoms. The number of hydrogen-bond donors (Lipinski definition) is 0. The van der Waals surface area contributed by atoms with Crippen LogP contribution in [0.5, 0.6) is 0 Å². The van der Waals surface area contributed by atoms with Gasteiger partial charge in [-0.1, -0.05) is 38.1 Å². The molecule has 1 fully saturated rings. The molecule has 0 aliphatic heterocycles. The smallest absolute Gasteiger partial charge is 0.407 e. The molecule has 3 aromatic rings. The van der Waals surface area contributed by atoms with Gasteiger partial charge in [-0.2, -0.15) is 0 Å². The Labute approximate surface area is 185 Å². The highest BCUT2D eigenvalue weighted by Gasteiger charge is 2.32. The molecule has 0 unspecified atom stereocenters. The van der Waals surface area contributed by atoms with Gasteiger partial charge in [0.05, 0.1) is 16.5 Å². The maximum Gasteiger partial charge on any atom is 0.419 e. The third-order valence-corrected chi connectivity index (χ3v) is 5.94. The molecule has 0 spiro atoms. The fourth-order valence-corrected chi connectivity index (χ4v) is 3.92. The van der Waals surface area contributed by atoms with E-state index in [4.69, 9.17) is 4.42 Å². The van der Waals surface area contributed by atoms with Crippen LogP contribution in [0.4, 0.5) is 5.69 Å². The summed E-state index contributed by atoms with van der Waals surface area (Å²) < 4.78 is 6.59. The molecule has 0 radical (unpaired) electrons. The molecule has 1 aliphatic carbocycles. The van der Waals surface area contributed by atoms with Gasteiger partial charge >= 0.3 is 5.76 Å². The summed E-state index contributed by atoms with van der Waals surface area (Å²) in [6.07, 6.45) is 2.87. The van der Waals surface area contributed by atoms with Gasteiger partial charge in [0.1, 0.15) is 0 Å². The van der Waals surface area contributed by atoms with Crippen molar-refractivity contribution in [3.8, 4) is 0 Å². The number of nitro groups is 1. The standard InChI is InChI=1S/C24H27N3O5/c1-16(2)18-7-5-17(6-8-18)15-26(19-9-10-19)23(28)4-3-13-25-21-12-11-20(27(30)31)14-22(21)32-24(25)29/h5-8,11-12,14,16,19H,3-4,9-10,13,15H2,1-2H3. The Kier molecular flexibility index (Phi) is 6.12. The van der Waals surface area contributed by atoms with E-state index in [1.54, 1.807) is 0 Å². The first-order valence-electron chi connectivity index (χ1n) is 11.0. The minimum Gasteiger partial charge on any atom is -0.407 e. The largest absolute Gasteiger partial charge is 0.419 e. The second kappa shape index (κ2) is 8.98. The van der Waals surface area contributed by atoms with Crippen molar-refractivity contribution in [3.63, 3.8) is 0 Å². The number of rotatable bonds is 9. The van der Waals surface area contributed by atoms with E-state index in [2.05, 4.69) is 38.1 Å². The van der Waals surface area contributed by atoms with Crippen LogP contribution in [-0.2, 0) is 17.9 Å². The lowest BCUT2D eigenvalue weighted by atomic mass is 10.0. The molecule has 4 rings (SSSR count). The van der Waals surface area contributed by atoms with Crippen molar-refractivity contribution in [2.45, 2.75) is 64.6 Å². The summed E-state index contributed by atoms with van der Waals surface area (Å²) in [7, 11) is 0. The number of nitro benzene ring substituents is 1. The molecular weight excluding hydrogens is 410 g/mol. The van der Waals surface area contributed by atoms with Crippen molar-refractivity contribution in [3.05, 3.63) is 74.3 Å². The second-order valence-electron chi connectivity index (χ2n) is 8.68. The third kappa shape index (κ3) is 4.74. The lowest BCUT2D eigenvalue weighted by Crippen LogP contribution is -2.32. The average molecular weight is 437 g/mol. The van der Waals surface area contributed by atoms with Gasteiger partial charge in [-0.3, -0.25) is 19.5 Å². The van der Waals surface area contributed by atoms with Crippen LogP contribution >= 0.6 is 0 Å². The molecule has 168 valence electrons. The number of fused-ring (bicyclic) bond motifs is 1. The van der Waals surface area contributed by atoms with E-state index in [9.17, 15) is 19.7 Å². The van der Waals surface area contributed by atoms with Crippen LogP contribution in [0, 0.1) is 10.1 Å². The van der Waals surface area contributed by atoms with Crippen molar-refractivity contribution in [2.24, 2.45) is 0 Å². The van der Waals surface area contributed by atoms with E-state index in [-0.39, 0.29) is 17.2 Å². The summed E-state index contributed by atoms with van der Waals surface area (Å²) in [4.78, 5) is 37.5. The maximum absolute atomic E-state index is 12.9. The molecule has 1 saturated carbocycles. The van der Waals surface area contributed by atoms with Crippen molar-refractivity contribution < 1.29 is 14.1 Å². The topological polar surface area (TPSA) is 98.6 Å². The summed E-state index contributed by atoms with van der Waals surface area (Å²) in [5.74, 6) is -0.0204. The quantitative estimate of drug-likeness (QED) is 0.360. The Bertz CT molecular complexity index is 1190. The number of hydrogen-bond acceptors (Lipinski definition) is 5. The molecule has 0 atom stereocenters. The first kappa shape index (κ1) is 21.8. The molecule has 32 heavy (non-hydrogen) atoms. The van der Waals surface area contributed by atoms with E-state index in [0.717, 1.165) is 18.4 Å². The molecule has 0 saturated heterocycles. The summed E-state index contributed by atoms with van der Waals surface area (Å²) in [5.41, 5.74) is 2.95. The van der Waals surface area contributed by atoms with Crippen LogP contribution in [0.3, 0.4) is 0 Å². The highest BCUT2D eigenvalue weighted by Crippen LogP contribution is 2.29. The molecule has 1 aromatic heterocycles. The van der Waals surface area contributed by atoms with Crippen molar-refractivity contribution in [1.29, 1.82) is 0 Å². The van der Waals surface area contributed by atoms with Gasteiger partial charge < -0.3 is 9.32 Å². The van der Waals surface area contributed by atoms with E-state index < -0.39 is 10.7 Å². The molecule has 1 heterocycles. The van der Waals surface area contributed by atoms with Crippen LogP contribution in [-0.4, -0.2) is 26.3 Å². The predicted molar refractivity (Wildman–Crippen MR) is 120 cm³/mol. The molecule has 1 amide bonds. The number of benzene rings is 2. The van der Waals surface area contributed by atoms with E-state index in [1.165, 1.54) is 28.3 Å². The number of oxazole rings is 1. The van der Waals surface area contributed by atoms with Gasteiger partial charge in [0.15, 0.2) is 5.58 Å². The van der Waals surface area contributed by atoms with Gasteiger partial charge in [0, 0.05) is 31.6 Å². The van der Waals surface area contributed by atoms with Crippen LogP contribution in [0.25, 0.3) is 11.1 Å². The predicted octanol–water partition coefficient (Wildman–Crippen LogP) is 4.60. The molecule has 1 aliphatic rings. The molecule has 0 N–H and O–H groups in total. The summed E-state index contributed by atoms with van der Waals surface area (Å²) in [6.45, 7) is 5.23. The summed E-state index contributed by atoms with van der Waals surface area (Å²) in [5, 5.41) is 10.9. The fourth-order valence-electron chi connectivity index (χ4n) is 3.92. The van der Waals surface area contributed by atoms with Crippen LogP contribution in [0.1, 0.15) is 56.6 Å². The van der Waals surface area contributed by atoms with Crippen molar-refractivity contribution in [2.75, 3.05) is 0 Å². The Morgan fingerprint density at radius 3 is 2.56 bits per heavy atom. The number of aromatic nitrogens is 1. The zero-order valence-corrected chi connectivity index (χ0v) is 18.3. The number of aryl methyl sites for hydroxylation is 1. The van der Waals surface area contributed by atoms with Gasteiger partial charge in [-0.05, 0) is 42.4 Å². The van der Waals surface area contributed by atoms with Gasteiger partial charge in [0.2, 0.25) is 5.91 Å². The number of carbonyl (C=O) groups excluding carboxylic acids is 1. The van der Waals surface area contributed by atoms with Crippen molar-refractivity contribution >= 4 is 22.7 Å². The Hall–Kier alpha value is -3.42. The lowest BCUT2D eigenvalue weighted by Gasteiger charge is -2.23. The second-order valence-corrected chi connectivity index (χ2v) is 8.68. The van der Waals surface area contributed by atoms with Crippen molar-refractivity contribution in [1.82, 2.24) is 9.47 Å². The maximum atomic E-state index is 12.9. The number of carbonyl (C=O) groups is 1. The highest BCUT2D eigenvalue weighted by atomic mass is 16.6. The molecule has 8 nitrogen and oxygen atoms in total. The van der Waals surface area contributed by atoms with E-state index in [0.29, 0.717) is 43.4 Å². The monoisotopic (exact) mass is 437 g/mol.